The van der Waals surface area contributed by atoms with E-state index in [0.717, 1.165) is 28.4 Å². The van der Waals surface area contributed by atoms with Gasteiger partial charge in [0.2, 0.25) is 5.91 Å². The number of ether oxygens (including phenoxy) is 2. The predicted octanol–water partition coefficient (Wildman–Crippen LogP) is 3.97. The van der Waals surface area contributed by atoms with Crippen LogP contribution in [0.4, 0.5) is 5.82 Å². The molecule has 1 amide bonds. The van der Waals surface area contributed by atoms with Crippen LogP contribution < -0.4 is 14.8 Å². The van der Waals surface area contributed by atoms with Crippen molar-refractivity contribution in [1.29, 1.82) is 0 Å². The van der Waals surface area contributed by atoms with Crippen molar-refractivity contribution in [3.05, 3.63) is 29.6 Å². The average Bonchev–Trinajstić information content (AvgIpc) is 3.29. The lowest BCUT2D eigenvalue weighted by Crippen LogP contribution is -2.13. The van der Waals surface area contributed by atoms with Crippen molar-refractivity contribution in [2.45, 2.75) is 19.8 Å². The van der Waals surface area contributed by atoms with Gasteiger partial charge in [-0.3, -0.25) is 9.48 Å². The normalized spacial score (nSPS) is 10.7. The summed E-state index contributed by atoms with van der Waals surface area (Å²) in [6, 6.07) is 7.53. The molecule has 0 spiro atoms. The van der Waals surface area contributed by atoms with E-state index in [1.54, 1.807) is 25.9 Å². The Kier molecular flexibility index (Phi) is 5.75. The van der Waals surface area contributed by atoms with Crippen molar-refractivity contribution >= 4 is 23.1 Å². The molecule has 0 fully saturated rings. The Morgan fingerprint density at radius 1 is 1.19 bits per heavy atom. The molecule has 0 radical (unpaired) electrons. The molecule has 8 heteroatoms. The number of aryl methyl sites for hydroxylation is 1. The van der Waals surface area contributed by atoms with Crippen LogP contribution in [0.25, 0.3) is 22.0 Å². The molecular formula is C19H22N4O3S. The predicted molar refractivity (Wildman–Crippen MR) is 106 cm³/mol. The second-order valence-electron chi connectivity index (χ2n) is 5.94. The Morgan fingerprint density at radius 2 is 1.96 bits per heavy atom. The molecule has 0 saturated heterocycles. The number of thiazole rings is 1. The molecule has 0 unspecified atom stereocenters. The van der Waals surface area contributed by atoms with Gasteiger partial charge >= 0.3 is 0 Å². The summed E-state index contributed by atoms with van der Waals surface area (Å²) >= 11 is 1.50. The van der Waals surface area contributed by atoms with Gasteiger partial charge in [0.15, 0.2) is 11.5 Å². The van der Waals surface area contributed by atoms with Gasteiger partial charge < -0.3 is 14.8 Å². The zero-order valence-corrected chi connectivity index (χ0v) is 16.6. The van der Waals surface area contributed by atoms with E-state index in [4.69, 9.17) is 9.47 Å². The molecule has 3 rings (SSSR count). The number of aromatic nitrogens is 3. The van der Waals surface area contributed by atoms with E-state index >= 15 is 0 Å². The summed E-state index contributed by atoms with van der Waals surface area (Å²) in [6.45, 7) is 1.97. The maximum atomic E-state index is 11.8. The molecule has 1 aromatic carbocycles. The maximum Gasteiger partial charge on any atom is 0.225 e. The fourth-order valence-electron chi connectivity index (χ4n) is 2.64. The first-order valence-corrected chi connectivity index (χ1v) is 9.45. The van der Waals surface area contributed by atoms with Gasteiger partial charge in [-0.1, -0.05) is 6.92 Å². The van der Waals surface area contributed by atoms with Crippen LogP contribution in [-0.4, -0.2) is 34.9 Å². The summed E-state index contributed by atoms with van der Waals surface area (Å²) in [7, 11) is 5.01. The van der Waals surface area contributed by atoms with Crippen molar-refractivity contribution in [2.75, 3.05) is 19.5 Å². The lowest BCUT2D eigenvalue weighted by molar-refractivity contribution is -0.116. The van der Waals surface area contributed by atoms with Gasteiger partial charge in [-0.25, -0.2) is 4.98 Å². The minimum absolute atomic E-state index is 0.0165. The van der Waals surface area contributed by atoms with Crippen LogP contribution in [0.5, 0.6) is 11.5 Å². The van der Waals surface area contributed by atoms with E-state index in [-0.39, 0.29) is 5.91 Å². The highest BCUT2D eigenvalue weighted by Crippen LogP contribution is 2.34. The Labute approximate surface area is 162 Å². The van der Waals surface area contributed by atoms with E-state index in [9.17, 15) is 4.79 Å². The smallest absolute Gasteiger partial charge is 0.225 e. The molecule has 0 bridgehead atoms. The van der Waals surface area contributed by atoms with E-state index in [0.29, 0.717) is 23.7 Å². The van der Waals surface area contributed by atoms with Crippen LogP contribution >= 0.6 is 11.3 Å². The van der Waals surface area contributed by atoms with Crippen LogP contribution in [0, 0.1) is 0 Å². The fourth-order valence-corrected chi connectivity index (χ4v) is 3.42. The third kappa shape index (κ3) is 4.11. The van der Waals surface area contributed by atoms with Gasteiger partial charge in [0.05, 0.1) is 19.9 Å². The number of hydrogen-bond donors (Lipinski definition) is 1. The van der Waals surface area contributed by atoms with E-state index in [1.165, 1.54) is 11.3 Å². The highest BCUT2D eigenvalue weighted by Gasteiger charge is 2.14. The van der Waals surface area contributed by atoms with Crippen LogP contribution in [0.3, 0.4) is 0 Å². The molecule has 142 valence electrons. The molecule has 0 aliphatic rings. The van der Waals surface area contributed by atoms with E-state index in [1.807, 2.05) is 36.6 Å². The van der Waals surface area contributed by atoms with Crippen LogP contribution in [0.2, 0.25) is 0 Å². The monoisotopic (exact) mass is 386 g/mol. The third-order valence-electron chi connectivity index (χ3n) is 4.03. The first-order chi connectivity index (χ1) is 13.0. The van der Waals surface area contributed by atoms with Crippen molar-refractivity contribution < 1.29 is 14.3 Å². The average molecular weight is 386 g/mol. The number of hydrogen-bond acceptors (Lipinski definition) is 6. The highest BCUT2D eigenvalue weighted by molar-refractivity contribution is 7.13. The second-order valence-corrected chi connectivity index (χ2v) is 6.80. The Bertz CT molecular complexity index is 948. The summed E-state index contributed by atoms with van der Waals surface area (Å²) in [4.78, 5) is 16.5. The quantitative estimate of drug-likeness (QED) is 0.665. The van der Waals surface area contributed by atoms with Gasteiger partial charge in [-0.15, -0.1) is 11.3 Å². The number of rotatable bonds is 7. The molecule has 7 nitrogen and oxygen atoms in total. The van der Waals surface area contributed by atoms with Crippen molar-refractivity contribution in [2.24, 2.45) is 7.05 Å². The molecule has 2 heterocycles. The first-order valence-electron chi connectivity index (χ1n) is 8.58. The van der Waals surface area contributed by atoms with Crippen LogP contribution in [0.15, 0.2) is 29.6 Å². The lowest BCUT2D eigenvalue weighted by Gasteiger charge is -2.08. The number of nitrogens with one attached hydrogen (secondary N) is 1. The number of nitrogens with zero attached hydrogens (tertiary/aromatic N) is 3. The molecular weight excluding hydrogens is 364 g/mol. The lowest BCUT2D eigenvalue weighted by atomic mass is 10.1. The van der Waals surface area contributed by atoms with Gasteiger partial charge in [0.1, 0.15) is 16.5 Å². The molecule has 1 N–H and O–H groups in total. The van der Waals surface area contributed by atoms with Crippen LogP contribution in [-0.2, 0) is 11.8 Å². The summed E-state index contributed by atoms with van der Waals surface area (Å²) < 4.78 is 12.3. The number of methoxy groups -OCH3 is 2. The van der Waals surface area contributed by atoms with Gasteiger partial charge in [0.25, 0.3) is 0 Å². The van der Waals surface area contributed by atoms with Crippen molar-refractivity contribution in [1.82, 2.24) is 14.8 Å². The molecule has 2 aromatic heterocycles. The second kappa shape index (κ2) is 8.22. The maximum absolute atomic E-state index is 11.8. The number of benzene rings is 1. The zero-order valence-electron chi connectivity index (χ0n) is 15.8. The summed E-state index contributed by atoms with van der Waals surface area (Å²) in [5, 5.41) is 10.1. The molecule has 0 atom stereocenters. The largest absolute Gasteiger partial charge is 0.493 e. The van der Waals surface area contributed by atoms with Crippen LogP contribution in [0.1, 0.15) is 19.8 Å². The number of amides is 1. The summed E-state index contributed by atoms with van der Waals surface area (Å²) in [6.07, 6.45) is 1.29. The van der Waals surface area contributed by atoms with Gasteiger partial charge in [-0.2, -0.15) is 5.10 Å². The summed E-state index contributed by atoms with van der Waals surface area (Å²) in [5.41, 5.74) is 2.49. The number of carbonyl (C=O) groups is 1. The zero-order chi connectivity index (χ0) is 19.4. The SMILES string of the molecule is CCCC(=O)Nc1cc(-c2nc(-c3ccc(OC)c(OC)c3)cs2)nn1C. The van der Waals surface area contributed by atoms with E-state index in [2.05, 4.69) is 15.4 Å². The summed E-state index contributed by atoms with van der Waals surface area (Å²) in [5.74, 6) is 1.97. The fraction of sp³-hybridized carbons (Fsp3) is 0.316. The third-order valence-corrected chi connectivity index (χ3v) is 4.89. The molecule has 0 saturated carbocycles. The minimum atomic E-state index is -0.0165. The standard InChI is InChI=1S/C19H22N4O3S/c1-5-6-18(24)21-17-10-13(22-23(17)2)19-20-14(11-27-19)12-7-8-15(25-3)16(9-12)26-4/h7-11H,5-6H2,1-4H3,(H,21,24). The van der Waals surface area contributed by atoms with Gasteiger partial charge in [-0.05, 0) is 24.6 Å². The molecule has 3 aromatic rings. The number of anilines is 1. The minimum Gasteiger partial charge on any atom is -0.493 e. The number of carbonyl (C=O) groups excluding carboxylic acids is 1. The molecule has 0 aliphatic heterocycles. The Morgan fingerprint density at radius 3 is 2.67 bits per heavy atom. The Balaban J connectivity index is 1.85. The highest BCUT2D eigenvalue weighted by atomic mass is 32.1. The first kappa shape index (κ1) is 18.9. The topological polar surface area (TPSA) is 78.3 Å². The van der Waals surface area contributed by atoms with Crippen molar-refractivity contribution in [3.8, 4) is 33.5 Å². The van der Waals surface area contributed by atoms with E-state index < -0.39 is 0 Å². The molecule has 27 heavy (non-hydrogen) atoms. The molecule has 0 aliphatic carbocycles. The Hall–Kier alpha value is -2.87. The van der Waals surface area contributed by atoms with Crippen molar-refractivity contribution in [3.63, 3.8) is 0 Å². The van der Waals surface area contributed by atoms with Gasteiger partial charge in [0, 0.05) is 30.5 Å².